The number of hydrogen-bond acceptors (Lipinski definition) is 6. The Balaban J connectivity index is 1.36. The van der Waals surface area contributed by atoms with Gasteiger partial charge in [0.25, 0.3) is 0 Å². The van der Waals surface area contributed by atoms with Crippen LogP contribution in [0.15, 0.2) is 34.7 Å². The Hall–Kier alpha value is -1.92. The Kier molecular flexibility index (Phi) is 5.60. The van der Waals surface area contributed by atoms with Crippen molar-refractivity contribution in [2.45, 2.75) is 25.9 Å². The molecule has 1 aromatic carbocycles. The van der Waals surface area contributed by atoms with Crippen LogP contribution in [-0.4, -0.2) is 41.8 Å². The lowest BCUT2D eigenvalue weighted by molar-refractivity contribution is 0.314. The van der Waals surface area contributed by atoms with Crippen molar-refractivity contribution >= 4 is 6.01 Å². The summed E-state index contributed by atoms with van der Waals surface area (Å²) in [5, 5.41) is 14.2. The summed E-state index contributed by atoms with van der Waals surface area (Å²) in [5.41, 5.74) is 1.40. The Morgan fingerprint density at radius 1 is 1.26 bits per heavy atom. The SMILES string of the molecule is CNCc1nnc(NCCC2CCN(Cc3ccccc3)C2)o1. The van der Waals surface area contributed by atoms with Gasteiger partial charge in [-0.3, -0.25) is 4.90 Å². The lowest BCUT2D eigenvalue weighted by atomic mass is 10.1. The molecule has 0 spiro atoms. The second-order valence-electron chi connectivity index (χ2n) is 6.12. The van der Waals surface area contributed by atoms with Crippen molar-refractivity contribution in [3.63, 3.8) is 0 Å². The number of anilines is 1. The molecule has 23 heavy (non-hydrogen) atoms. The molecule has 6 nitrogen and oxygen atoms in total. The van der Waals surface area contributed by atoms with E-state index in [-0.39, 0.29) is 0 Å². The zero-order valence-electron chi connectivity index (χ0n) is 13.7. The molecule has 1 aromatic heterocycles. The quantitative estimate of drug-likeness (QED) is 0.778. The van der Waals surface area contributed by atoms with Crippen molar-refractivity contribution in [1.82, 2.24) is 20.4 Å². The fraction of sp³-hybridized carbons (Fsp3) is 0.529. The number of rotatable bonds is 8. The second-order valence-corrected chi connectivity index (χ2v) is 6.12. The van der Waals surface area contributed by atoms with E-state index in [2.05, 4.69) is 56.1 Å². The molecule has 2 N–H and O–H groups in total. The maximum Gasteiger partial charge on any atom is 0.315 e. The number of benzene rings is 1. The lowest BCUT2D eigenvalue weighted by Gasteiger charge is -2.16. The number of nitrogens with zero attached hydrogens (tertiary/aromatic N) is 3. The molecule has 6 heteroatoms. The predicted molar refractivity (Wildman–Crippen MR) is 90.0 cm³/mol. The molecule has 1 atom stereocenters. The summed E-state index contributed by atoms with van der Waals surface area (Å²) in [5.74, 6) is 1.36. The van der Waals surface area contributed by atoms with Crippen LogP contribution in [0.2, 0.25) is 0 Å². The van der Waals surface area contributed by atoms with Crippen LogP contribution < -0.4 is 10.6 Å². The molecule has 2 heterocycles. The average Bonchev–Trinajstić information content (AvgIpc) is 3.19. The Labute approximate surface area is 137 Å². The largest absolute Gasteiger partial charge is 0.407 e. The Morgan fingerprint density at radius 3 is 2.96 bits per heavy atom. The highest BCUT2D eigenvalue weighted by atomic mass is 16.4. The first-order valence-electron chi connectivity index (χ1n) is 8.30. The molecule has 3 rings (SSSR count). The van der Waals surface area contributed by atoms with E-state index >= 15 is 0 Å². The van der Waals surface area contributed by atoms with Crippen molar-refractivity contribution < 1.29 is 4.42 Å². The van der Waals surface area contributed by atoms with E-state index in [0.717, 1.165) is 25.4 Å². The van der Waals surface area contributed by atoms with Crippen LogP contribution >= 0.6 is 0 Å². The normalized spacial score (nSPS) is 18.4. The van der Waals surface area contributed by atoms with Gasteiger partial charge in [0.15, 0.2) is 0 Å². The van der Waals surface area contributed by atoms with Crippen LogP contribution in [-0.2, 0) is 13.1 Å². The minimum absolute atomic E-state index is 0.523. The molecular formula is C17H25N5O. The molecule has 1 fully saturated rings. The molecule has 0 aliphatic carbocycles. The topological polar surface area (TPSA) is 66.2 Å². The van der Waals surface area contributed by atoms with Gasteiger partial charge in [-0.1, -0.05) is 35.4 Å². The molecule has 1 aliphatic heterocycles. The van der Waals surface area contributed by atoms with E-state index in [0.29, 0.717) is 18.5 Å². The zero-order chi connectivity index (χ0) is 15.9. The van der Waals surface area contributed by atoms with Crippen LogP contribution in [0.25, 0.3) is 0 Å². The molecule has 0 radical (unpaired) electrons. The Bertz CT molecular complexity index is 586. The maximum atomic E-state index is 5.48. The van der Waals surface area contributed by atoms with Crippen molar-refractivity contribution in [2.24, 2.45) is 5.92 Å². The van der Waals surface area contributed by atoms with Gasteiger partial charge in [-0.2, -0.15) is 0 Å². The fourth-order valence-electron chi connectivity index (χ4n) is 3.06. The molecule has 1 saturated heterocycles. The van der Waals surface area contributed by atoms with Gasteiger partial charge in [-0.25, -0.2) is 0 Å². The average molecular weight is 315 g/mol. The first kappa shape index (κ1) is 16.0. The van der Waals surface area contributed by atoms with Gasteiger partial charge in [-0.05, 0) is 37.9 Å². The van der Waals surface area contributed by atoms with Gasteiger partial charge in [0.2, 0.25) is 5.89 Å². The summed E-state index contributed by atoms with van der Waals surface area (Å²) in [6.07, 6.45) is 2.40. The standard InChI is InChI=1S/C17H25N5O/c1-18-11-16-20-21-17(23-16)19-9-7-15-8-10-22(13-15)12-14-5-3-2-4-6-14/h2-6,15,18H,7-13H2,1H3,(H,19,21). The van der Waals surface area contributed by atoms with Crippen molar-refractivity contribution in [2.75, 3.05) is 32.0 Å². The predicted octanol–water partition coefficient (Wildman–Crippen LogP) is 2.11. The van der Waals surface area contributed by atoms with Gasteiger partial charge in [0, 0.05) is 19.6 Å². The minimum Gasteiger partial charge on any atom is -0.407 e. The number of nitrogens with one attached hydrogen (secondary N) is 2. The van der Waals surface area contributed by atoms with Crippen molar-refractivity contribution in [1.29, 1.82) is 0 Å². The van der Waals surface area contributed by atoms with E-state index in [4.69, 9.17) is 4.42 Å². The van der Waals surface area contributed by atoms with Crippen LogP contribution in [0, 0.1) is 5.92 Å². The fourth-order valence-corrected chi connectivity index (χ4v) is 3.06. The van der Waals surface area contributed by atoms with Gasteiger partial charge in [-0.15, -0.1) is 5.10 Å². The molecule has 1 unspecified atom stereocenters. The third-order valence-electron chi connectivity index (χ3n) is 4.24. The zero-order valence-corrected chi connectivity index (χ0v) is 13.7. The summed E-state index contributed by atoms with van der Waals surface area (Å²) in [6, 6.07) is 11.2. The highest BCUT2D eigenvalue weighted by Crippen LogP contribution is 2.21. The first-order chi connectivity index (χ1) is 11.3. The molecule has 124 valence electrons. The van der Waals surface area contributed by atoms with Crippen LogP contribution in [0.5, 0.6) is 0 Å². The molecule has 0 amide bonds. The summed E-state index contributed by atoms with van der Waals surface area (Å²) in [6.45, 7) is 4.90. The van der Waals surface area contributed by atoms with Crippen LogP contribution in [0.1, 0.15) is 24.3 Å². The monoisotopic (exact) mass is 315 g/mol. The number of likely N-dealkylation sites (tertiary alicyclic amines) is 1. The summed E-state index contributed by atoms with van der Waals surface area (Å²) >= 11 is 0. The highest BCUT2D eigenvalue weighted by Gasteiger charge is 2.22. The van der Waals surface area contributed by atoms with Gasteiger partial charge in [0.05, 0.1) is 6.54 Å². The van der Waals surface area contributed by atoms with E-state index in [9.17, 15) is 0 Å². The Morgan fingerprint density at radius 2 is 2.13 bits per heavy atom. The molecule has 0 saturated carbocycles. The maximum absolute atomic E-state index is 5.48. The smallest absolute Gasteiger partial charge is 0.315 e. The summed E-state index contributed by atoms with van der Waals surface area (Å²) in [7, 11) is 1.86. The molecule has 1 aliphatic rings. The molecule has 2 aromatic rings. The molecular weight excluding hydrogens is 290 g/mol. The van der Waals surface area contributed by atoms with Gasteiger partial charge in [0.1, 0.15) is 0 Å². The van der Waals surface area contributed by atoms with E-state index in [1.54, 1.807) is 0 Å². The number of hydrogen-bond donors (Lipinski definition) is 2. The second kappa shape index (κ2) is 8.08. The summed E-state index contributed by atoms with van der Waals surface area (Å²) in [4.78, 5) is 2.54. The molecule has 0 bridgehead atoms. The first-order valence-corrected chi connectivity index (χ1v) is 8.30. The van der Waals surface area contributed by atoms with E-state index in [1.807, 2.05) is 7.05 Å². The van der Waals surface area contributed by atoms with Crippen molar-refractivity contribution in [3.05, 3.63) is 41.8 Å². The summed E-state index contributed by atoms with van der Waals surface area (Å²) < 4.78 is 5.48. The van der Waals surface area contributed by atoms with Gasteiger partial charge >= 0.3 is 6.01 Å². The van der Waals surface area contributed by atoms with E-state index < -0.39 is 0 Å². The van der Waals surface area contributed by atoms with Crippen molar-refractivity contribution in [3.8, 4) is 0 Å². The van der Waals surface area contributed by atoms with Crippen LogP contribution in [0.4, 0.5) is 6.01 Å². The van der Waals surface area contributed by atoms with Gasteiger partial charge < -0.3 is 15.1 Å². The third-order valence-corrected chi connectivity index (χ3v) is 4.24. The highest BCUT2D eigenvalue weighted by molar-refractivity contribution is 5.16. The van der Waals surface area contributed by atoms with Crippen LogP contribution in [0.3, 0.4) is 0 Å². The number of aromatic nitrogens is 2. The minimum atomic E-state index is 0.523. The lowest BCUT2D eigenvalue weighted by Crippen LogP contribution is -2.20. The third kappa shape index (κ3) is 4.77. The van der Waals surface area contributed by atoms with E-state index in [1.165, 1.54) is 25.1 Å².